The number of benzene rings is 2. The smallest absolute Gasteiger partial charge is 0.285 e. The van der Waals surface area contributed by atoms with Crippen LogP contribution in [0, 0.1) is 39.0 Å². The van der Waals surface area contributed by atoms with Crippen molar-refractivity contribution in [2.75, 3.05) is 0 Å². The lowest BCUT2D eigenvalue weighted by Crippen LogP contribution is -2.30. The zero-order chi connectivity index (χ0) is 24.4. The van der Waals surface area contributed by atoms with E-state index in [0.717, 1.165) is 27.2 Å². The van der Waals surface area contributed by atoms with Crippen molar-refractivity contribution < 1.29 is 4.79 Å². The summed E-state index contributed by atoms with van der Waals surface area (Å²) >= 11 is 0. The Hall–Kier alpha value is -4.24. The predicted octanol–water partition coefficient (Wildman–Crippen LogP) is 4.67. The third-order valence-corrected chi connectivity index (χ3v) is 6.32. The zero-order valence-electron chi connectivity index (χ0n) is 19.7. The van der Waals surface area contributed by atoms with E-state index in [-0.39, 0.29) is 23.9 Å². The van der Waals surface area contributed by atoms with Crippen molar-refractivity contribution in [3.05, 3.63) is 122 Å². The average Bonchev–Trinajstić information content (AvgIpc) is 3.13. The van der Waals surface area contributed by atoms with Crippen molar-refractivity contribution in [1.82, 2.24) is 14.3 Å². The van der Waals surface area contributed by atoms with Gasteiger partial charge in [-0.05, 0) is 50.5 Å². The number of hydrogen-bond acceptors (Lipinski definition) is 4. The third-order valence-electron chi connectivity index (χ3n) is 6.32. The molecule has 6 heteroatoms. The first kappa shape index (κ1) is 22.9. The van der Waals surface area contributed by atoms with Crippen LogP contribution in [0.2, 0.25) is 0 Å². The van der Waals surface area contributed by atoms with Gasteiger partial charge in [0.2, 0.25) is 0 Å². The molecule has 0 aliphatic carbocycles. The van der Waals surface area contributed by atoms with Crippen molar-refractivity contribution in [3.63, 3.8) is 0 Å². The van der Waals surface area contributed by atoms with E-state index in [1.54, 1.807) is 13.8 Å². The fourth-order valence-corrected chi connectivity index (χ4v) is 4.45. The van der Waals surface area contributed by atoms with Gasteiger partial charge in [-0.1, -0.05) is 60.7 Å². The molecule has 6 nitrogen and oxygen atoms in total. The average molecular weight is 451 g/mol. The van der Waals surface area contributed by atoms with E-state index in [9.17, 15) is 14.9 Å². The molecule has 0 N–H and O–H groups in total. The molecule has 2 heterocycles. The molecule has 0 atom stereocenters. The highest BCUT2D eigenvalue weighted by molar-refractivity contribution is 5.97. The molecule has 0 aliphatic heterocycles. The Balaban J connectivity index is 1.78. The molecule has 0 unspecified atom stereocenters. The minimum absolute atomic E-state index is 0.0268. The highest BCUT2D eigenvalue weighted by atomic mass is 16.1. The first-order valence-corrected chi connectivity index (χ1v) is 11.1. The van der Waals surface area contributed by atoms with Crippen LogP contribution in [-0.4, -0.2) is 20.1 Å². The fraction of sp³-hybridized carbons (Fsp3) is 0.214. The molecule has 2 aromatic heterocycles. The van der Waals surface area contributed by atoms with Crippen LogP contribution in [0.25, 0.3) is 0 Å². The van der Waals surface area contributed by atoms with Crippen LogP contribution >= 0.6 is 0 Å². The van der Waals surface area contributed by atoms with Crippen LogP contribution in [0.4, 0.5) is 0 Å². The van der Waals surface area contributed by atoms with E-state index in [4.69, 9.17) is 0 Å². The summed E-state index contributed by atoms with van der Waals surface area (Å²) in [4.78, 5) is 26.0. The van der Waals surface area contributed by atoms with Crippen molar-refractivity contribution >= 4 is 5.78 Å². The van der Waals surface area contributed by atoms with Crippen molar-refractivity contribution in [2.45, 2.75) is 40.3 Å². The van der Waals surface area contributed by atoms with Gasteiger partial charge < -0.3 is 4.57 Å². The summed E-state index contributed by atoms with van der Waals surface area (Å²) < 4.78 is 3.26. The molecule has 0 spiro atoms. The van der Waals surface area contributed by atoms with E-state index in [2.05, 4.69) is 33.9 Å². The number of carbonyl (C=O) groups is 1. The summed E-state index contributed by atoms with van der Waals surface area (Å²) in [5.74, 6) is -0.221. The highest BCUT2D eigenvalue weighted by Gasteiger charge is 2.24. The minimum atomic E-state index is -0.542. The summed E-state index contributed by atoms with van der Waals surface area (Å²) in [6.45, 7) is 7.11. The number of nitrogens with zero attached hydrogens (tertiary/aromatic N) is 4. The minimum Gasteiger partial charge on any atom is -0.337 e. The Kier molecular flexibility index (Phi) is 6.29. The van der Waals surface area contributed by atoms with Gasteiger partial charge in [-0.3, -0.25) is 9.59 Å². The zero-order valence-corrected chi connectivity index (χ0v) is 19.7. The molecule has 170 valence electrons. The predicted molar refractivity (Wildman–Crippen MR) is 131 cm³/mol. The van der Waals surface area contributed by atoms with Crippen LogP contribution in [-0.2, 0) is 6.54 Å². The molecule has 0 bridgehead atoms. The summed E-state index contributed by atoms with van der Waals surface area (Å²) in [6.07, 6.45) is 0. The van der Waals surface area contributed by atoms with E-state index in [0.29, 0.717) is 16.8 Å². The maximum absolute atomic E-state index is 13.3. The van der Waals surface area contributed by atoms with Gasteiger partial charge in [0.05, 0.1) is 11.7 Å². The molecular weight excluding hydrogens is 424 g/mol. The number of Topliss-reactive ketones (excluding diaryl/α,β-unsaturated/α-hetero) is 1. The quantitative estimate of drug-likeness (QED) is 0.400. The van der Waals surface area contributed by atoms with Crippen molar-refractivity contribution in [3.8, 4) is 6.07 Å². The maximum Gasteiger partial charge on any atom is 0.285 e. The van der Waals surface area contributed by atoms with Crippen molar-refractivity contribution in [1.29, 1.82) is 5.26 Å². The number of carbonyl (C=O) groups excluding carboxylic acids is 1. The molecule has 0 fully saturated rings. The number of hydrogen-bond donors (Lipinski definition) is 0. The Morgan fingerprint density at radius 2 is 1.53 bits per heavy atom. The monoisotopic (exact) mass is 450 g/mol. The van der Waals surface area contributed by atoms with Crippen LogP contribution in [0.1, 0.15) is 55.7 Å². The Labute approximate surface area is 198 Å². The Morgan fingerprint density at radius 1 is 0.971 bits per heavy atom. The largest absolute Gasteiger partial charge is 0.337 e. The SMILES string of the molecule is Cc1nn(CC(=O)c2cc(C)n(C(c3ccccc3)c3ccccc3)c2C)c(=O)c(C#N)c1C. The topological polar surface area (TPSA) is 80.7 Å². The number of aromatic nitrogens is 3. The molecule has 2 aromatic carbocycles. The summed E-state index contributed by atoms with van der Waals surface area (Å²) in [5.41, 5.74) is 5.11. The van der Waals surface area contributed by atoms with Gasteiger partial charge in [-0.25, -0.2) is 4.68 Å². The number of aryl methyl sites for hydroxylation is 2. The first-order valence-electron chi connectivity index (χ1n) is 11.1. The van der Waals surface area contributed by atoms with E-state index >= 15 is 0 Å². The number of rotatable bonds is 6. The molecular formula is C28H26N4O2. The van der Waals surface area contributed by atoms with Crippen LogP contribution in [0.3, 0.4) is 0 Å². The van der Waals surface area contributed by atoms with Crippen LogP contribution in [0.15, 0.2) is 71.5 Å². The molecule has 4 rings (SSSR count). The summed E-state index contributed by atoms with van der Waals surface area (Å²) in [7, 11) is 0. The Morgan fingerprint density at radius 3 is 2.06 bits per heavy atom. The lowest BCUT2D eigenvalue weighted by Gasteiger charge is -2.24. The lowest BCUT2D eigenvalue weighted by molar-refractivity contribution is 0.0964. The van der Waals surface area contributed by atoms with Gasteiger partial charge in [0, 0.05) is 17.0 Å². The van der Waals surface area contributed by atoms with Gasteiger partial charge in [0.15, 0.2) is 5.78 Å². The molecule has 0 amide bonds. The first-order chi connectivity index (χ1) is 16.3. The summed E-state index contributed by atoms with van der Waals surface area (Å²) in [5, 5.41) is 13.6. The second-order valence-electron chi connectivity index (χ2n) is 8.46. The number of nitriles is 1. The third kappa shape index (κ3) is 4.08. The summed E-state index contributed by atoms with van der Waals surface area (Å²) in [6, 6.07) is 24.1. The maximum atomic E-state index is 13.3. The van der Waals surface area contributed by atoms with E-state index in [1.807, 2.05) is 62.4 Å². The van der Waals surface area contributed by atoms with Gasteiger partial charge >= 0.3 is 0 Å². The second-order valence-corrected chi connectivity index (χ2v) is 8.46. The standard InChI is InChI=1S/C28H26N4O2/c1-18-15-24(26(33)17-31-28(34)25(16-29)19(2)20(3)30-31)21(4)32(18)27(22-11-7-5-8-12-22)23-13-9-6-10-14-23/h5-15,27H,17H2,1-4H3. The van der Waals surface area contributed by atoms with E-state index in [1.165, 1.54) is 0 Å². The van der Waals surface area contributed by atoms with Crippen LogP contribution in [0.5, 0.6) is 0 Å². The number of ketones is 1. The molecule has 0 saturated heterocycles. The second kappa shape index (κ2) is 9.32. The van der Waals surface area contributed by atoms with Gasteiger partial charge in [-0.2, -0.15) is 10.4 Å². The van der Waals surface area contributed by atoms with Crippen LogP contribution < -0.4 is 5.56 Å². The van der Waals surface area contributed by atoms with Gasteiger partial charge in [0.1, 0.15) is 18.2 Å². The molecule has 0 radical (unpaired) electrons. The Bertz CT molecular complexity index is 1420. The van der Waals surface area contributed by atoms with E-state index < -0.39 is 5.56 Å². The van der Waals surface area contributed by atoms with Crippen molar-refractivity contribution in [2.24, 2.45) is 0 Å². The van der Waals surface area contributed by atoms with Gasteiger partial charge in [-0.15, -0.1) is 0 Å². The fourth-order valence-electron chi connectivity index (χ4n) is 4.45. The lowest BCUT2D eigenvalue weighted by atomic mass is 9.98. The molecule has 0 saturated carbocycles. The van der Waals surface area contributed by atoms with Gasteiger partial charge in [0.25, 0.3) is 5.56 Å². The molecule has 4 aromatic rings. The molecule has 34 heavy (non-hydrogen) atoms. The molecule has 0 aliphatic rings. The normalized spacial score (nSPS) is 10.9. The highest BCUT2D eigenvalue weighted by Crippen LogP contribution is 2.31.